The zero-order chi connectivity index (χ0) is 11.4. The summed E-state index contributed by atoms with van der Waals surface area (Å²) in [4.78, 5) is 12.9. The third kappa shape index (κ3) is 2.32. The van der Waals surface area contributed by atoms with Gasteiger partial charge in [0.15, 0.2) is 0 Å². The van der Waals surface area contributed by atoms with Crippen molar-refractivity contribution in [1.82, 2.24) is 4.90 Å². The van der Waals surface area contributed by atoms with Crippen LogP contribution in [0.3, 0.4) is 0 Å². The smallest absolute Gasteiger partial charge is 0.257 e. The predicted molar refractivity (Wildman–Crippen MR) is 53.6 cm³/mol. The van der Waals surface area contributed by atoms with Crippen LogP contribution in [-0.4, -0.2) is 23.9 Å². The van der Waals surface area contributed by atoms with Gasteiger partial charge in [0.1, 0.15) is 11.9 Å². The fourth-order valence-electron chi connectivity index (χ4n) is 1.09. The highest BCUT2D eigenvalue weighted by atomic mass is 19.1. The molecule has 0 aliphatic carbocycles. The Bertz CT molecular complexity index is 411. The van der Waals surface area contributed by atoms with Gasteiger partial charge in [0.05, 0.1) is 11.6 Å². The molecule has 1 rings (SSSR count). The van der Waals surface area contributed by atoms with Crippen molar-refractivity contribution in [2.24, 2.45) is 0 Å². The van der Waals surface area contributed by atoms with E-state index in [2.05, 4.69) is 0 Å². The number of halogens is 1. The van der Waals surface area contributed by atoms with Crippen LogP contribution in [0.15, 0.2) is 24.3 Å². The van der Waals surface area contributed by atoms with Gasteiger partial charge in [-0.2, -0.15) is 5.26 Å². The normalized spacial score (nSPS) is 11.6. The number of rotatable bonds is 2. The van der Waals surface area contributed by atoms with Crippen molar-refractivity contribution in [3.63, 3.8) is 0 Å². The van der Waals surface area contributed by atoms with Crippen LogP contribution in [0.2, 0.25) is 0 Å². The SMILES string of the molecule is CC(C#N)N(C)C(=O)c1ccccc1F. The number of benzene rings is 1. The Hall–Kier alpha value is -1.89. The molecule has 15 heavy (non-hydrogen) atoms. The fourth-order valence-corrected chi connectivity index (χ4v) is 1.09. The Kier molecular flexibility index (Phi) is 3.40. The standard InChI is InChI=1S/C11H11FN2O/c1-8(7-13)14(2)11(15)9-5-3-4-6-10(9)12/h3-6,8H,1-2H3. The Balaban J connectivity index is 2.96. The van der Waals surface area contributed by atoms with E-state index in [0.717, 1.165) is 0 Å². The Morgan fingerprint density at radius 2 is 2.13 bits per heavy atom. The predicted octanol–water partition coefficient (Wildman–Crippen LogP) is 1.81. The van der Waals surface area contributed by atoms with Gasteiger partial charge < -0.3 is 4.90 Å². The molecule has 0 N–H and O–H groups in total. The van der Waals surface area contributed by atoms with Crippen molar-refractivity contribution in [3.8, 4) is 6.07 Å². The van der Waals surface area contributed by atoms with Gasteiger partial charge in [-0.25, -0.2) is 4.39 Å². The summed E-state index contributed by atoms with van der Waals surface area (Å²) >= 11 is 0. The van der Waals surface area contributed by atoms with Gasteiger partial charge in [-0.1, -0.05) is 12.1 Å². The first kappa shape index (κ1) is 11.2. The van der Waals surface area contributed by atoms with E-state index in [0.29, 0.717) is 0 Å². The summed E-state index contributed by atoms with van der Waals surface area (Å²) in [6.07, 6.45) is 0. The van der Waals surface area contributed by atoms with Gasteiger partial charge in [0.25, 0.3) is 5.91 Å². The van der Waals surface area contributed by atoms with Gasteiger partial charge in [-0.3, -0.25) is 4.79 Å². The molecule has 0 saturated heterocycles. The summed E-state index contributed by atoms with van der Waals surface area (Å²) in [6, 6.07) is 7.06. The zero-order valence-electron chi connectivity index (χ0n) is 8.57. The lowest BCUT2D eigenvalue weighted by molar-refractivity contribution is 0.0768. The number of amides is 1. The van der Waals surface area contributed by atoms with Crippen LogP contribution >= 0.6 is 0 Å². The summed E-state index contributed by atoms with van der Waals surface area (Å²) in [5.74, 6) is -1.05. The lowest BCUT2D eigenvalue weighted by atomic mass is 10.1. The highest BCUT2D eigenvalue weighted by molar-refractivity contribution is 5.94. The lowest BCUT2D eigenvalue weighted by Crippen LogP contribution is -2.34. The van der Waals surface area contributed by atoms with Crippen LogP contribution < -0.4 is 0 Å². The van der Waals surface area contributed by atoms with Gasteiger partial charge in [0, 0.05) is 7.05 Å². The molecular formula is C11H11FN2O. The van der Waals surface area contributed by atoms with Crippen molar-refractivity contribution < 1.29 is 9.18 Å². The molecule has 0 aromatic heterocycles. The number of hydrogen-bond donors (Lipinski definition) is 0. The average Bonchev–Trinajstić information content (AvgIpc) is 2.26. The second kappa shape index (κ2) is 4.56. The zero-order valence-corrected chi connectivity index (χ0v) is 8.57. The molecule has 0 heterocycles. The molecule has 1 aromatic carbocycles. The van der Waals surface area contributed by atoms with Crippen LogP contribution in [0.1, 0.15) is 17.3 Å². The fraction of sp³-hybridized carbons (Fsp3) is 0.273. The minimum Gasteiger partial charge on any atom is -0.326 e. The molecule has 1 unspecified atom stereocenters. The molecular weight excluding hydrogens is 195 g/mol. The topological polar surface area (TPSA) is 44.1 Å². The molecule has 0 aliphatic heterocycles. The number of carbonyl (C=O) groups excluding carboxylic acids is 1. The first-order chi connectivity index (χ1) is 7.07. The lowest BCUT2D eigenvalue weighted by Gasteiger charge is -2.19. The molecule has 0 saturated carbocycles. The number of nitriles is 1. The maximum absolute atomic E-state index is 13.2. The maximum Gasteiger partial charge on any atom is 0.257 e. The van der Waals surface area contributed by atoms with E-state index in [1.54, 1.807) is 13.0 Å². The monoisotopic (exact) mass is 206 g/mol. The van der Waals surface area contributed by atoms with Crippen LogP contribution in [0.5, 0.6) is 0 Å². The first-order valence-corrected chi connectivity index (χ1v) is 4.49. The van der Waals surface area contributed by atoms with Crippen molar-refractivity contribution in [3.05, 3.63) is 35.6 Å². The van der Waals surface area contributed by atoms with E-state index < -0.39 is 17.8 Å². The van der Waals surface area contributed by atoms with E-state index in [1.807, 2.05) is 6.07 Å². The minimum atomic E-state index is -0.572. The van der Waals surface area contributed by atoms with Crippen LogP contribution in [0.25, 0.3) is 0 Å². The van der Waals surface area contributed by atoms with E-state index in [-0.39, 0.29) is 5.56 Å². The second-order valence-electron chi connectivity index (χ2n) is 3.20. The molecule has 1 aromatic rings. The van der Waals surface area contributed by atoms with Crippen LogP contribution in [0, 0.1) is 17.1 Å². The molecule has 0 aliphatic rings. The number of nitrogens with zero attached hydrogens (tertiary/aromatic N) is 2. The second-order valence-corrected chi connectivity index (χ2v) is 3.20. The molecule has 78 valence electrons. The Labute approximate surface area is 87.7 Å². The van der Waals surface area contributed by atoms with Crippen LogP contribution in [0.4, 0.5) is 4.39 Å². The van der Waals surface area contributed by atoms with Crippen molar-refractivity contribution in [1.29, 1.82) is 5.26 Å². The molecule has 1 atom stereocenters. The Morgan fingerprint density at radius 1 is 1.53 bits per heavy atom. The van der Waals surface area contributed by atoms with Gasteiger partial charge in [-0.15, -0.1) is 0 Å². The molecule has 4 heteroatoms. The van der Waals surface area contributed by atoms with E-state index in [9.17, 15) is 9.18 Å². The number of carbonyl (C=O) groups is 1. The summed E-state index contributed by atoms with van der Waals surface area (Å²) in [7, 11) is 1.47. The summed E-state index contributed by atoms with van der Waals surface area (Å²) < 4.78 is 13.2. The average molecular weight is 206 g/mol. The van der Waals surface area contributed by atoms with Gasteiger partial charge >= 0.3 is 0 Å². The summed E-state index contributed by atoms with van der Waals surface area (Å²) in [5, 5.41) is 8.63. The third-order valence-electron chi connectivity index (χ3n) is 2.19. The molecule has 3 nitrogen and oxygen atoms in total. The maximum atomic E-state index is 13.2. The molecule has 1 amide bonds. The summed E-state index contributed by atoms with van der Waals surface area (Å²) in [5.41, 5.74) is -0.0119. The van der Waals surface area contributed by atoms with Crippen molar-refractivity contribution >= 4 is 5.91 Å². The Morgan fingerprint density at radius 3 is 2.67 bits per heavy atom. The largest absolute Gasteiger partial charge is 0.326 e. The minimum absolute atomic E-state index is 0.0119. The van der Waals surface area contributed by atoms with Crippen molar-refractivity contribution in [2.75, 3.05) is 7.05 Å². The summed E-state index contributed by atoms with van der Waals surface area (Å²) in [6.45, 7) is 1.58. The van der Waals surface area contributed by atoms with Crippen molar-refractivity contribution in [2.45, 2.75) is 13.0 Å². The van der Waals surface area contributed by atoms with E-state index >= 15 is 0 Å². The highest BCUT2D eigenvalue weighted by Crippen LogP contribution is 2.10. The number of hydrogen-bond acceptors (Lipinski definition) is 2. The molecule has 0 fully saturated rings. The van der Waals surface area contributed by atoms with Gasteiger partial charge in [0.2, 0.25) is 0 Å². The first-order valence-electron chi connectivity index (χ1n) is 4.49. The third-order valence-corrected chi connectivity index (χ3v) is 2.19. The molecule has 0 bridgehead atoms. The van der Waals surface area contributed by atoms with Crippen LogP contribution in [-0.2, 0) is 0 Å². The molecule has 0 radical (unpaired) electrons. The van der Waals surface area contributed by atoms with E-state index in [4.69, 9.17) is 5.26 Å². The van der Waals surface area contributed by atoms with E-state index in [1.165, 1.54) is 30.1 Å². The quantitative estimate of drug-likeness (QED) is 0.740. The highest BCUT2D eigenvalue weighted by Gasteiger charge is 2.19. The molecule has 0 spiro atoms. The van der Waals surface area contributed by atoms with Gasteiger partial charge in [-0.05, 0) is 19.1 Å².